The maximum Gasteiger partial charge on any atom is 0.265 e. The molecule has 1 aliphatic heterocycles. The summed E-state index contributed by atoms with van der Waals surface area (Å²) in [6, 6.07) is 9.42. The lowest BCUT2D eigenvalue weighted by atomic mass is 10.1. The van der Waals surface area contributed by atoms with E-state index in [1.54, 1.807) is 37.4 Å². The van der Waals surface area contributed by atoms with Crippen LogP contribution >= 0.6 is 35.6 Å². The quantitative estimate of drug-likeness (QED) is 0.505. The van der Waals surface area contributed by atoms with E-state index < -0.39 is 0 Å². The van der Waals surface area contributed by atoms with Gasteiger partial charge in [-0.2, -0.15) is 0 Å². The van der Waals surface area contributed by atoms with Crippen molar-refractivity contribution in [2.45, 2.75) is 6.61 Å². The summed E-state index contributed by atoms with van der Waals surface area (Å²) in [6.07, 6.45) is 1.71. The highest BCUT2D eigenvalue weighted by atomic mass is 35.5. The van der Waals surface area contributed by atoms with Crippen molar-refractivity contribution < 1.29 is 18.7 Å². The van der Waals surface area contributed by atoms with Crippen LogP contribution in [0.5, 0.6) is 11.5 Å². The second kappa shape index (κ2) is 8.29. The molecule has 0 N–H and O–H groups in total. The Labute approximate surface area is 170 Å². The van der Waals surface area contributed by atoms with Crippen molar-refractivity contribution in [3.8, 4) is 11.5 Å². The van der Waals surface area contributed by atoms with E-state index in [-0.39, 0.29) is 18.3 Å². The lowest BCUT2D eigenvalue weighted by Crippen LogP contribution is -2.22. The van der Waals surface area contributed by atoms with Gasteiger partial charge >= 0.3 is 0 Å². The third-order valence-corrected chi connectivity index (χ3v) is 5.60. The molecule has 3 rings (SSSR count). The molecule has 0 bridgehead atoms. The van der Waals surface area contributed by atoms with E-state index in [9.17, 15) is 9.18 Å². The summed E-state index contributed by atoms with van der Waals surface area (Å²) >= 11 is 12.7. The summed E-state index contributed by atoms with van der Waals surface area (Å²) in [5.74, 6) is 0.347. The van der Waals surface area contributed by atoms with E-state index in [0.29, 0.717) is 31.3 Å². The molecule has 0 unspecified atom stereocenters. The number of likely N-dealkylation sites (N-methyl/N-ethyl adjacent to an activating group) is 1. The van der Waals surface area contributed by atoms with Crippen LogP contribution in [-0.2, 0) is 11.4 Å². The van der Waals surface area contributed by atoms with Gasteiger partial charge in [-0.05, 0) is 41.5 Å². The first-order chi connectivity index (χ1) is 12.9. The maximum absolute atomic E-state index is 13.0. The van der Waals surface area contributed by atoms with Crippen molar-refractivity contribution in [1.29, 1.82) is 0 Å². The first-order valence-corrected chi connectivity index (χ1v) is 9.45. The molecule has 0 radical (unpaired) electrons. The standard InChI is InChI=1S/C19H15ClFNO3S2/c1-22-18(23)16(27-19(22)26)9-12-7-14(20)17(15(8-12)24-2)25-10-11-3-5-13(21)6-4-11/h3-9H,10H2,1-2H3. The van der Waals surface area contributed by atoms with Crippen molar-refractivity contribution in [3.63, 3.8) is 0 Å². The molecule has 4 nitrogen and oxygen atoms in total. The number of methoxy groups -OCH3 is 1. The fraction of sp³-hybridized carbons (Fsp3) is 0.158. The topological polar surface area (TPSA) is 38.8 Å². The first-order valence-electron chi connectivity index (χ1n) is 7.85. The van der Waals surface area contributed by atoms with E-state index in [1.807, 2.05) is 0 Å². The third kappa shape index (κ3) is 4.43. The Kier molecular flexibility index (Phi) is 6.04. The molecular formula is C19H15ClFNO3S2. The average Bonchev–Trinajstić information content (AvgIpc) is 2.88. The smallest absolute Gasteiger partial charge is 0.265 e. The zero-order valence-electron chi connectivity index (χ0n) is 14.5. The SMILES string of the molecule is COc1cc(C=C2SC(=S)N(C)C2=O)cc(Cl)c1OCc1ccc(F)cc1. The highest BCUT2D eigenvalue weighted by Crippen LogP contribution is 2.39. The van der Waals surface area contributed by atoms with Crippen molar-refractivity contribution in [2.75, 3.05) is 14.2 Å². The second-order valence-electron chi connectivity index (χ2n) is 5.69. The Morgan fingerprint density at radius 3 is 2.59 bits per heavy atom. The molecule has 1 heterocycles. The van der Waals surface area contributed by atoms with Gasteiger partial charge in [-0.15, -0.1) is 0 Å². The number of ether oxygens (including phenoxy) is 2. The van der Waals surface area contributed by atoms with Crippen LogP contribution in [0.15, 0.2) is 41.3 Å². The number of carbonyl (C=O) groups is 1. The molecule has 0 saturated carbocycles. The third-order valence-electron chi connectivity index (χ3n) is 3.83. The van der Waals surface area contributed by atoms with Crippen molar-refractivity contribution in [3.05, 3.63) is 63.3 Å². The number of nitrogens with zero attached hydrogens (tertiary/aromatic N) is 1. The van der Waals surface area contributed by atoms with Crippen LogP contribution in [-0.4, -0.2) is 29.3 Å². The second-order valence-corrected chi connectivity index (χ2v) is 7.77. The summed E-state index contributed by atoms with van der Waals surface area (Å²) in [7, 11) is 3.14. The fourth-order valence-corrected chi connectivity index (χ4v) is 3.85. The molecule has 0 aromatic heterocycles. The van der Waals surface area contributed by atoms with Crippen LogP contribution in [0.2, 0.25) is 5.02 Å². The zero-order valence-corrected chi connectivity index (χ0v) is 16.9. The molecule has 0 aliphatic carbocycles. The Morgan fingerprint density at radius 2 is 2.00 bits per heavy atom. The highest BCUT2D eigenvalue weighted by Gasteiger charge is 2.28. The predicted molar refractivity (Wildman–Crippen MR) is 110 cm³/mol. The van der Waals surface area contributed by atoms with Gasteiger partial charge in [-0.1, -0.05) is 47.7 Å². The molecular weight excluding hydrogens is 409 g/mol. The van der Waals surface area contributed by atoms with Gasteiger partial charge in [0.1, 0.15) is 16.7 Å². The van der Waals surface area contributed by atoms with Gasteiger partial charge in [0, 0.05) is 7.05 Å². The minimum atomic E-state index is -0.309. The molecule has 1 saturated heterocycles. The lowest BCUT2D eigenvalue weighted by Gasteiger charge is -2.13. The number of benzene rings is 2. The summed E-state index contributed by atoms with van der Waals surface area (Å²) in [5, 5.41) is 0.342. The van der Waals surface area contributed by atoms with Crippen molar-refractivity contribution in [1.82, 2.24) is 4.90 Å². The van der Waals surface area contributed by atoms with Gasteiger partial charge in [-0.25, -0.2) is 4.39 Å². The molecule has 2 aromatic rings. The molecule has 1 fully saturated rings. The van der Waals surface area contributed by atoms with E-state index in [0.717, 1.165) is 5.56 Å². The van der Waals surface area contributed by atoms with Crippen LogP contribution in [0.3, 0.4) is 0 Å². The molecule has 2 aromatic carbocycles. The molecule has 140 valence electrons. The molecule has 27 heavy (non-hydrogen) atoms. The van der Waals surface area contributed by atoms with Gasteiger partial charge in [-0.3, -0.25) is 9.69 Å². The van der Waals surface area contributed by atoms with Gasteiger partial charge in [0.2, 0.25) is 0 Å². The minimum absolute atomic E-state index is 0.156. The van der Waals surface area contributed by atoms with Crippen LogP contribution in [0, 0.1) is 5.82 Å². The summed E-state index contributed by atoms with van der Waals surface area (Å²) < 4.78 is 24.6. The van der Waals surface area contributed by atoms with Crippen molar-refractivity contribution in [2.24, 2.45) is 0 Å². The minimum Gasteiger partial charge on any atom is -0.493 e. The number of thiocarbonyl (C=S) groups is 1. The fourth-order valence-electron chi connectivity index (χ4n) is 2.40. The summed E-state index contributed by atoms with van der Waals surface area (Å²) in [4.78, 5) is 14.1. The Hall–Kier alpha value is -2.09. The number of halogens is 2. The number of hydrogen-bond acceptors (Lipinski definition) is 5. The monoisotopic (exact) mass is 423 g/mol. The Morgan fingerprint density at radius 1 is 1.30 bits per heavy atom. The average molecular weight is 424 g/mol. The maximum atomic E-state index is 13.0. The molecule has 0 atom stereocenters. The molecule has 1 amide bonds. The molecule has 0 spiro atoms. The Balaban J connectivity index is 1.84. The van der Waals surface area contributed by atoms with E-state index in [4.69, 9.17) is 33.3 Å². The number of amides is 1. The molecule has 1 aliphatic rings. The molecule has 8 heteroatoms. The van der Waals surface area contributed by atoms with Gasteiger partial charge in [0.25, 0.3) is 5.91 Å². The summed E-state index contributed by atoms with van der Waals surface area (Å²) in [5.41, 5.74) is 1.49. The van der Waals surface area contributed by atoms with Crippen LogP contribution in [0.4, 0.5) is 4.39 Å². The van der Waals surface area contributed by atoms with Crippen LogP contribution in [0.25, 0.3) is 6.08 Å². The van der Waals surface area contributed by atoms with Gasteiger partial charge < -0.3 is 9.47 Å². The number of rotatable bonds is 5. The first kappa shape index (κ1) is 19.7. The van der Waals surface area contributed by atoms with E-state index >= 15 is 0 Å². The lowest BCUT2D eigenvalue weighted by molar-refractivity contribution is -0.121. The Bertz CT molecular complexity index is 931. The van der Waals surface area contributed by atoms with E-state index in [2.05, 4.69) is 0 Å². The van der Waals surface area contributed by atoms with E-state index in [1.165, 1.54) is 35.9 Å². The van der Waals surface area contributed by atoms with Gasteiger partial charge in [0.15, 0.2) is 11.5 Å². The normalized spacial score (nSPS) is 15.6. The number of carbonyl (C=O) groups excluding carboxylic acids is 1. The van der Waals surface area contributed by atoms with Crippen LogP contribution in [0.1, 0.15) is 11.1 Å². The predicted octanol–water partition coefficient (Wildman–Crippen LogP) is 4.90. The summed E-state index contributed by atoms with van der Waals surface area (Å²) in [6.45, 7) is 0.212. The van der Waals surface area contributed by atoms with Crippen molar-refractivity contribution >= 4 is 51.9 Å². The highest BCUT2D eigenvalue weighted by molar-refractivity contribution is 8.26. The largest absolute Gasteiger partial charge is 0.493 e. The van der Waals surface area contributed by atoms with Gasteiger partial charge in [0.05, 0.1) is 17.0 Å². The zero-order chi connectivity index (χ0) is 19.6. The number of thioether (sulfide) groups is 1. The van der Waals surface area contributed by atoms with Crippen LogP contribution < -0.4 is 9.47 Å². The number of hydrogen-bond donors (Lipinski definition) is 0.